The summed E-state index contributed by atoms with van der Waals surface area (Å²) >= 11 is 0. The second-order valence-electron chi connectivity index (χ2n) is 4.11. The van der Waals surface area contributed by atoms with Crippen LogP contribution in [0.15, 0.2) is 24.3 Å². The molecule has 0 radical (unpaired) electrons. The molecule has 3 atom stereocenters. The lowest BCUT2D eigenvalue weighted by Crippen LogP contribution is -2.18. The highest BCUT2D eigenvalue weighted by atomic mass is 16.5. The zero-order valence-electron chi connectivity index (χ0n) is 8.73. The molecule has 1 fully saturated rings. The number of benzene rings is 1. The summed E-state index contributed by atoms with van der Waals surface area (Å²) in [4.78, 5) is 0. The Balaban J connectivity index is 2.18. The minimum atomic E-state index is 0.296. The minimum Gasteiger partial charge on any atom is -0.496 e. The minimum absolute atomic E-state index is 0.296. The smallest absolute Gasteiger partial charge is 0.122 e. The number of para-hydroxylation sites is 1. The van der Waals surface area contributed by atoms with E-state index in [1.54, 1.807) is 7.11 Å². The van der Waals surface area contributed by atoms with Gasteiger partial charge >= 0.3 is 0 Å². The van der Waals surface area contributed by atoms with Gasteiger partial charge in [-0.05, 0) is 36.8 Å². The largest absolute Gasteiger partial charge is 0.496 e. The molecule has 0 spiro atoms. The first-order valence-corrected chi connectivity index (χ1v) is 5.12. The van der Waals surface area contributed by atoms with Gasteiger partial charge in [0.2, 0.25) is 0 Å². The Kier molecular flexibility index (Phi) is 2.46. The lowest BCUT2D eigenvalue weighted by atomic mass is 10.1. The SMILES string of the molecule is COc1ccccc1[C@H]1C[C@H]1[C@H](C)N. The van der Waals surface area contributed by atoms with E-state index in [0.717, 1.165) is 5.75 Å². The van der Waals surface area contributed by atoms with Gasteiger partial charge in [-0.25, -0.2) is 0 Å². The van der Waals surface area contributed by atoms with Gasteiger partial charge in [-0.1, -0.05) is 18.2 Å². The van der Waals surface area contributed by atoms with Crippen molar-refractivity contribution in [2.45, 2.75) is 25.3 Å². The van der Waals surface area contributed by atoms with Crippen molar-refractivity contribution in [1.29, 1.82) is 0 Å². The Labute approximate surface area is 85.1 Å². The van der Waals surface area contributed by atoms with Crippen molar-refractivity contribution in [3.63, 3.8) is 0 Å². The molecule has 14 heavy (non-hydrogen) atoms. The molecule has 0 unspecified atom stereocenters. The Morgan fingerprint density at radius 1 is 1.43 bits per heavy atom. The lowest BCUT2D eigenvalue weighted by Gasteiger charge is -2.08. The number of rotatable bonds is 3. The molecular weight excluding hydrogens is 174 g/mol. The molecule has 0 aromatic heterocycles. The van der Waals surface area contributed by atoms with Gasteiger partial charge in [0.1, 0.15) is 5.75 Å². The molecule has 2 N–H and O–H groups in total. The summed E-state index contributed by atoms with van der Waals surface area (Å²) in [6, 6.07) is 8.53. The van der Waals surface area contributed by atoms with Gasteiger partial charge < -0.3 is 10.5 Å². The van der Waals surface area contributed by atoms with E-state index < -0.39 is 0 Å². The van der Waals surface area contributed by atoms with Crippen molar-refractivity contribution < 1.29 is 4.74 Å². The second kappa shape index (κ2) is 3.62. The topological polar surface area (TPSA) is 35.2 Å². The van der Waals surface area contributed by atoms with E-state index >= 15 is 0 Å². The van der Waals surface area contributed by atoms with Gasteiger partial charge in [0, 0.05) is 6.04 Å². The van der Waals surface area contributed by atoms with E-state index in [9.17, 15) is 0 Å². The molecule has 76 valence electrons. The summed E-state index contributed by atoms with van der Waals surface area (Å²) in [6.45, 7) is 2.08. The highest BCUT2D eigenvalue weighted by Gasteiger charge is 2.41. The van der Waals surface area contributed by atoms with Crippen LogP contribution in [-0.2, 0) is 0 Å². The van der Waals surface area contributed by atoms with E-state index in [2.05, 4.69) is 19.1 Å². The molecule has 2 nitrogen and oxygen atoms in total. The molecule has 1 aliphatic rings. The number of hydrogen-bond donors (Lipinski definition) is 1. The standard InChI is InChI=1S/C12H17NO/c1-8(13)10-7-11(10)9-5-3-4-6-12(9)14-2/h3-6,8,10-11H,7,13H2,1-2H3/t8-,10-,11+/m0/s1. The maximum atomic E-state index is 5.88. The quantitative estimate of drug-likeness (QED) is 0.794. The highest BCUT2D eigenvalue weighted by molar-refractivity contribution is 5.39. The zero-order chi connectivity index (χ0) is 10.1. The number of methoxy groups -OCH3 is 1. The molecular formula is C12H17NO. The zero-order valence-corrected chi connectivity index (χ0v) is 8.73. The van der Waals surface area contributed by atoms with Crippen molar-refractivity contribution in [3.05, 3.63) is 29.8 Å². The van der Waals surface area contributed by atoms with Crippen molar-refractivity contribution in [3.8, 4) is 5.75 Å². The summed E-state index contributed by atoms with van der Waals surface area (Å²) in [6.07, 6.45) is 1.21. The van der Waals surface area contributed by atoms with Gasteiger partial charge in [-0.3, -0.25) is 0 Å². The normalized spacial score (nSPS) is 27.1. The fraction of sp³-hybridized carbons (Fsp3) is 0.500. The molecule has 0 heterocycles. The van der Waals surface area contributed by atoms with E-state index in [4.69, 9.17) is 10.5 Å². The maximum Gasteiger partial charge on any atom is 0.122 e. The van der Waals surface area contributed by atoms with Gasteiger partial charge in [-0.15, -0.1) is 0 Å². The van der Waals surface area contributed by atoms with Gasteiger partial charge in [0.25, 0.3) is 0 Å². The molecule has 0 aliphatic heterocycles. The van der Waals surface area contributed by atoms with E-state index in [1.807, 2.05) is 12.1 Å². The fourth-order valence-corrected chi connectivity index (χ4v) is 2.13. The number of nitrogens with two attached hydrogens (primary N) is 1. The highest BCUT2D eigenvalue weighted by Crippen LogP contribution is 2.51. The van der Waals surface area contributed by atoms with Crippen LogP contribution < -0.4 is 10.5 Å². The molecule has 2 heteroatoms. The Morgan fingerprint density at radius 2 is 2.14 bits per heavy atom. The molecule has 1 aliphatic carbocycles. The predicted molar refractivity (Wildman–Crippen MR) is 57.5 cm³/mol. The first-order chi connectivity index (χ1) is 6.74. The summed E-state index contributed by atoms with van der Waals surface area (Å²) in [5, 5.41) is 0. The summed E-state index contributed by atoms with van der Waals surface area (Å²) in [5.74, 6) is 2.26. The Hall–Kier alpha value is -1.02. The number of hydrogen-bond acceptors (Lipinski definition) is 2. The van der Waals surface area contributed by atoms with Gasteiger partial charge in [0.05, 0.1) is 7.11 Å². The van der Waals surface area contributed by atoms with Crippen LogP contribution in [0.1, 0.15) is 24.8 Å². The third kappa shape index (κ3) is 1.62. The van der Waals surface area contributed by atoms with Crippen LogP contribution in [0.3, 0.4) is 0 Å². The fourth-order valence-electron chi connectivity index (χ4n) is 2.13. The average Bonchev–Trinajstić information content (AvgIpc) is 2.97. The molecule has 0 saturated heterocycles. The number of ether oxygens (including phenoxy) is 1. The molecule has 0 bridgehead atoms. The second-order valence-corrected chi connectivity index (χ2v) is 4.11. The molecule has 2 rings (SSSR count). The van der Waals surface area contributed by atoms with Crippen molar-refractivity contribution in [2.75, 3.05) is 7.11 Å². The monoisotopic (exact) mass is 191 g/mol. The van der Waals surface area contributed by atoms with Crippen LogP contribution in [0.2, 0.25) is 0 Å². The first kappa shape index (κ1) is 9.53. The van der Waals surface area contributed by atoms with Gasteiger partial charge in [-0.2, -0.15) is 0 Å². The van der Waals surface area contributed by atoms with Crippen molar-refractivity contribution in [2.24, 2.45) is 11.7 Å². The lowest BCUT2D eigenvalue weighted by molar-refractivity contribution is 0.408. The van der Waals surface area contributed by atoms with E-state index in [1.165, 1.54) is 12.0 Å². The summed E-state index contributed by atoms with van der Waals surface area (Å²) in [7, 11) is 1.72. The van der Waals surface area contributed by atoms with Crippen molar-refractivity contribution >= 4 is 0 Å². The summed E-state index contributed by atoms with van der Waals surface area (Å²) < 4.78 is 5.33. The molecule has 0 amide bonds. The van der Waals surface area contributed by atoms with Crippen LogP contribution in [0.25, 0.3) is 0 Å². The van der Waals surface area contributed by atoms with E-state index in [0.29, 0.717) is 17.9 Å². The van der Waals surface area contributed by atoms with Crippen molar-refractivity contribution in [1.82, 2.24) is 0 Å². The maximum absolute atomic E-state index is 5.88. The molecule has 1 aromatic rings. The summed E-state index contributed by atoms with van der Waals surface area (Å²) in [5.41, 5.74) is 7.19. The van der Waals surface area contributed by atoms with Gasteiger partial charge in [0.15, 0.2) is 0 Å². The molecule has 1 aromatic carbocycles. The predicted octanol–water partition coefficient (Wildman–Crippen LogP) is 2.15. The van der Waals surface area contributed by atoms with Crippen LogP contribution in [-0.4, -0.2) is 13.2 Å². The van der Waals surface area contributed by atoms with Crippen LogP contribution >= 0.6 is 0 Å². The first-order valence-electron chi connectivity index (χ1n) is 5.12. The third-order valence-electron chi connectivity index (χ3n) is 3.05. The third-order valence-corrected chi connectivity index (χ3v) is 3.05. The van der Waals surface area contributed by atoms with Crippen LogP contribution in [0.4, 0.5) is 0 Å². The Bertz CT molecular complexity index is 322. The average molecular weight is 191 g/mol. The van der Waals surface area contributed by atoms with E-state index in [-0.39, 0.29) is 0 Å². The van der Waals surface area contributed by atoms with Crippen LogP contribution in [0.5, 0.6) is 5.75 Å². The van der Waals surface area contributed by atoms with Crippen LogP contribution in [0, 0.1) is 5.92 Å². The Morgan fingerprint density at radius 3 is 2.71 bits per heavy atom. The molecule has 1 saturated carbocycles.